The Hall–Kier alpha value is -1.12. The molecule has 7 nitrogen and oxygen atoms in total. The van der Waals surface area contributed by atoms with E-state index < -0.39 is 6.10 Å². The first-order valence-corrected chi connectivity index (χ1v) is 6.73. The highest BCUT2D eigenvalue weighted by molar-refractivity contribution is 8.13. The molecule has 0 radical (unpaired) electrons. The van der Waals surface area contributed by atoms with Crippen molar-refractivity contribution in [3.63, 3.8) is 0 Å². The SMILES string of the molecule is NNC(=O)C1CCC(CN2C(=O)CCSC2=O)O1. The molecule has 3 N–H and O–H groups in total. The van der Waals surface area contributed by atoms with E-state index in [1.54, 1.807) is 0 Å². The molecule has 0 saturated carbocycles. The molecule has 8 heteroatoms. The van der Waals surface area contributed by atoms with Crippen molar-refractivity contribution < 1.29 is 19.1 Å². The van der Waals surface area contributed by atoms with Crippen molar-refractivity contribution in [3.8, 4) is 0 Å². The van der Waals surface area contributed by atoms with Crippen molar-refractivity contribution in [2.45, 2.75) is 31.5 Å². The molecular formula is C10H15N3O4S. The lowest BCUT2D eigenvalue weighted by molar-refractivity contribution is -0.133. The summed E-state index contributed by atoms with van der Waals surface area (Å²) >= 11 is 1.14. The highest BCUT2D eigenvalue weighted by Gasteiger charge is 2.35. The molecule has 0 spiro atoms. The Labute approximate surface area is 108 Å². The van der Waals surface area contributed by atoms with Gasteiger partial charge in [-0.3, -0.25) is 24.7 Å². The number of amides is 3. The van der Waals surface area contributed by atoms with Gasteiger partial charge in [0, 0.05) is 12.2 Å². The van der Waals surface area contributed by atoms with Gasteiger partial charge in [-0.2, -0.15) is 0 Å². The Bertz CT molecular complexity index is 360. The number of carbonyl (C=O) groups excluding carboxylic acids is 3. The predicted octanol–water partition coefficient (Wildman–Crippen LogP) is -0.391. The van der Waals surface area contributed by atoms with Crippen LogP contribution in [0.4, 0.5) is 4.79 Å². The Morgan fingerprint density at radius 1 is 1.50 bits per heavy atom. The number of hydrogen-bond donors (Lipinski definition) is 2. The van der Waals surface area contributed by atoms with E-state index >= 15 is 0 Å². The number of hydrogen-bond acceptors (Lipinski definition) is 6. The van der Waals surface area contributed by atoms with Crippen LogP contribution < -0.4 is 11.3 Å². The van der Waals surface area contributed by atoms with Crippen LogP contribution in [0.2, 0.25) is 0 Å². The van der Waals surface area contributed by atoms with Gasteiger partial charge in [0.05, 0.1) is 12.6 Å². The molecule has 3 amide bonds. The van der Waals surface area contributed by atoms with Gasteiger partial charge in [0.2, 0.25) is 5.91 Å². The van der Waals surface area contributed by atoms with Crippen LogP contribution in [-0.2, 0) is 14.3 Å². The molecule has 2 aliphatic rings. The van der Waals surface area contributed by atoms with Crippen LogP contribution in [0.5, 0.6) is 0 Å². The Morgan fingerprint density at radius 2 is 2.28 bits per heavy atom. The number of hydrazine groups is 1. The maximum atomic E-state index is 11.6. The zero-order valence-electron chi connectivity index (χ0n) is 9.76. The average Bonchev–Trinajstić information content (AvgIpc) is 2.81. The highest BCUT2D eigenvalue weighted by atomic mass is 32.2. The molecule has 2 rings (SSSR count). The largest absolute Gasteiger partial charge is 0.363 e. The summed E-state index contributed by atoms with van der Waals surface area (Å²) in [6, 6.07) is 0. The van der Waals surface area contributed by atoms with E-state index in [4.69, 9.17) is 10.6 Å². The number of ether oxygens (including phenoxy) is 1. The van der Waals surface area contributed by atoms with E-state index in [-0.39, 0.29) is 29.7 Å². The second-order valence-electron chi connectivity index (χ2n) is 4.20. The molecular weight excluding hydrogens is 258 g/mol. The van der Waals surface area contributed by atoms with Gasteiger partial charge < -0.3 is 4.74 Å². The van der Waals surface area contributed by atoms with E-state index in [9.17, 15) is 14.4 Å². The monoisotopic (exact) mass is 273 g/mol. The fourth-order valence-electron chi connectivity index (χ4n) is 2.05. The molecule has 2 fully saturated rings. The van der Waals surface area contributed by atoms with Crippen molar-refractivity contribution in [1.82, 2.24) is 10.3 Å². The fraction of sp³-hybridized carbons (Fsp3) is 0.700. The second kappa shape index (κ2) is 5.68. The maximum Gasteiger partial charge on any atom is 0.288 e. The minimum absolute atomic E-state index is 0.172. The first-order valence-electron chi connectivity index (χ1n) is 5.75. The molecule has 2 saturated heterocycles. The molecule has 2 aliphatic heterocycles. The van der Waals surface area contributed by atoms with E-state index in [2.05, 4.69) is 0 Å². The van der Waals surface area contributed by atoms with Gasteiger partial charge >= 0.3 is 0 Å². The molecule has 0 bridgehead atoms. The Morgan fingerprint density at radius 3 is 2.94 bits per heavy atom. The molecule has 0 aromatic heterocycles. The molecule has 0 aromatic rings. The van der Waals surface area contributed by atoms with Crippen molar-refractivity contribution in [3.05, 3.63) is 0 Å². The predicted molar refractivity (Wildman–Crippen MR) is 64.4 cm³/mol. The smallest absolute Gasteiger partial charge is 0.288 e. The standard InChI is InChI=1S/C10H15N3O4S/c11-12-9(15)7-2-1-6(17-7)5-13-8(14)3-4-18-10(13)16/h6-7H,1-5,11H2,(H,12,15). The normalized spacial score (nSPS) is 28.6. The number of rotatable bonds is 3. The third kappa shape index (κ3) is 2.82. The van der Waals surface area contributed by atoms with Crippen LogP contribution in [-0.4, -0.2) is 46.5 Å². The van der Waals surface area contributed by atoms with E-state index in [0.29, 0.717) is 25.0 Å². The summed E-state index contributed by atoms with van der Waals surface area (Å²) in [7, 11) is 0. The molecule has 2 atom stereocenters. The first-order chi connectivity index (χ1) is 8.61. The Kier molecular flexibility index (Phi) is 4.20. The lowest BCUT2D eigenvalue weighted by Gasteiger charge is -2.26. The lowest BCUT2D eigenvalue weighted by atomic mass is 10.2. The third-order valence-corrected chi connectivity index (χ3v) is 3.87. The van der Waals surface area contributed by atoms with Gasteiger partial charge in [-0.15, -0.1) is 0 Å². The molecule has 0 aliphatic carbocycles. The van der Waals surface area contributed by atoms with E-state index in [0.717, 1.165) is 11.8 Å². The van der Waals surface area contributed by atoms with Crippen molar-refractivity contribution >= 4 is 28.8 Å². The molecule has 0 aromatic carbocycles. The summed E-state index contributed by atoms with van der Waals surface area (Å²) in [5, 5.41) is -0.235. The van der Waals surface area contributed by atoms with Crippen LogP contribution in [0.3, 0.4) is 0 Å². The first kappa shape index (κ1) is 13.3. The van der Waals surface area contributed by atoms with Gasteiger partial charge in [-0.05, 0) is 12.8 Å². The maximum absolute atomic E-state index is 11.6. The Balaban J connectivity index is 1.89. The zero-order chi connectivity index (χ0) is 13.1. The second-order valence-corrected chi connectivity index (χ2v) is 5.25. The summed E-state index contributed by atoms with van der Waals surface area (Å²) < 4.78 is 5.47. The minimum atomic E-state index is -0.581. The summed E-state index contributed by atoms with van der Waals surface area (Å²) in [5.74, 6) is 5.02. The molecule has 2 unspecified atom stereocenters. The molecule has 18 heavy (non-hydrogen) atoms. The van der Waals surface area contributed by atoms with Gasteiger partial charge in [0.25, 0.3) is 11.1 Å². The summed E-state index contributed by atoms with van der Waals surface area (Å²) in [6.07, 6.45) is 0.703. The lowest BCUT2D eigenvalue weighted by Crippen LogP contribution is -2.44. The van der Waals surface area contributed by atoms with Gasteiger partial charge in [-0.1, -0.05) is 11.8 Å². The topological polar surface area (TPSA) is 102 Å². The quantitative estimate of drug-likeness (QED) is 0.412. The summed E-state index contributed by atoms with van der Waals surface area (Å²) in [5.41, 5.74) is 2.03. The van der Waals surface area contributed by atoms with Gasteiger partial charge in [0.15, 0.2) is 0 Å². The van der Waals surface area contributed by atoms with Crippen molar-refractivity contribution in [2.75, 3.05) is 12.3 Å². The number of carbonyl (C=O) groups is 3. The van der Waals surface area contributed by atoms with Crippen LogP contribution in [0.25, 0.3) is 0 Å². The van der Waals surface area contributed by atoms with Crippen LogP contribution in [0, 0.1) is 0 Å². The highest BCUT2D eigenvalue weighted by Crippen LogP contribution is 2.24. The number of imide groups is 1. The van der Waals surface area contributed by atoms with Gasteiger partial charge in [0.1, 0.15) is 6.10 Å². The van der Waals surface area contributed by atoms with Crippen molar-refractivity contribution in [2.24, 2.45) is 5.84 Å². The van der Waals surface area contributed by atoms with Gasteiger partial charge in [-0.25, -0.2) is 5.84 Å². The number of nitrogens with two attached hydrogens (primary N) is 1. The van der Waals surface area contributed by atoms with Crippen LogP contribution >= 0.6 is 11.8 Å². The zero-order valence-corrected chi connectivity index (χ0v) is 10.6. The van der Waals surface area contributed by atoms with Crippen LogP contribution in [0.15, 0.2) is 0 Å². The van der Waals surface area contributed by atoms with Crippen LogP contribution in [0.1, 0.15) is 19.3 Å². The number of nitrogens with one attached hydrogen (secondary N) is 1. The summed E-state index contributed by atoms with van der Waals surface area (Å²) in [6.45, 7) is 0.221. The summed E-state index contributed by atoms with van der Waals surface area (Å²) in [4.78, 5) is 35.7. The molecule has 100 valence electrons. The molecule has 2 heterocycles. The fourth-order valence-corrected chi connectivity index (χ4v) is 2.83. The number of nitrogens with zero attached hydrogens (tertiary/aromatic N) is 1. The van der Waals surface area contributed by atoms with E-state index in [1.807, 2.05) is 5.43 Å². The number of thioether (sulfide) groups is 1. The van der Waals surface area contributed by atoms with E-state index in [1.165, 1.54) is 4.90 Å². The average molecular weight is 273 g/mol. The van der Waals surface area contributed by atoms with Crippen molar-refractivity contribution in [1.29, 1.82) is 0 Å². The third-order valence-electron chi connectivity index (χ3n) is 2.99. The minimum Gasteiger partial charge on any atom is -0.363 e.